The van der Waals surface area contributed by atoms with E-state index in [1.54, 1.807) is 7.11 Å². The number of benzene rings is 3. The first kappa shape index (κ1) is 19.4. The van der Waals surface area contributed by atoms with Gasteiger partial charge in [-0.2, -0.15) is 5.10 Å². The zero-order valence-electron chi connectivity index (χ0n) is 18.4. The molecule has 1 spiro atoms. The maximum Gasteiger partial charge on any atom is 0.198 e. The Morgan fingerprint density at radius 3 is 2.44 bits per heavy atom. The number of hydrazone groups is 1. The summed E-state index contributed by atoms with van der Waals surface area (Å²) in [6.07, 6.45) is 5.02. The van der Waals surface area contributed by atoms with E-state index >= 15 is 0 Å². The summed E-state index contributed by atoms with van der Waals surface area (Å²) in [6.45, 7) is 0. The molecule has 1 aliphatic carbocycles. The third-order valence-electron chi connectivity index (χ3n) is 7.36. The minimum absolute atomic E-state index is 0.202. The molecule has 1 fully saturated rings. The minimum atomic E-state index is -0.381. The highest BCUT2D eigenvalue weighted by Gasteiger charge is 2.52. The van der Waals surface area contributed by atoms with Crippen molar-refractivity contribution in [2.75, 3.05) is 7.11 Å². The van der Waals surface area contributed by atoms with Crippen LogP contribution in [0, 0.1) is 0 Å². The third-order valence-corrected chi connectivity index (χ3v) is 7.36. The zero-order valence-corrected chi connectivity index (χ0v) is 18.4. The molecule has 32 heavy (non-hydrogen) atoms. The molecule has 4 nitrogen and oxygen atoms in total. The molecule has 2 aliphatic heterocycles. The van der Waals surface area contributed by atoms with Gasteiger partial charge in [-0.1, -0.05) is 60.7 Å². The van der Waals surface area contributed by atoms with Crippen molar-refractivity contribution in [2.45, 2.75) is 49.8 Å². The van der Waals surface area contributed by atoms with E-state index in [1.807, 2.05) is 12.1 Å². The highest BCUT2D eigenvalue weighted by Crippen LogP contribution is 2.53. The molecule has 1 atom stereocenters. The van der Waals surface area contributed by atoms with E-state index in [4.69, 9.17) is 14.6 Å². The molecule has 0 saturated heterocycles. The van der Waals surface area contributed by atoms with E-state index in [2.05, 4.69) is 71.7 Å². The quantitative estimate of drug-likeness (QED) is 0.495. The Morgan fingerprint density at radius 1 is 0.906 bits per heavy atom. The molecule has 2 heterocycles. The normalized spacial score (nSPS) is 26.2. The minimum Gasteiger partial charge on any atom is -0.496 e. The molecule has 1 saturated carbocycles. The van der Waals surface area contributed by atoms with Crippen molar-refractivity contribution in [3.8, 4) is 11.5 Å². The van der Waals surface area contributed by atoms with Crippen LogP contribution in [0.5, 0.6) is 11.5 Å². The Hall–Kier alpha value is -3.27. The predicted molar refractivity (Wildman–Crippen MR) is 126 cm³/mol. The lowest BCUT2D eigenvalue weighted by Gasteiger charge is -2.50. The lowest BCUT2D eigenvalue weighted by Crippen LogP contribution is -2.55. The van der Waals surface area contributed by atoms with Crippen molar-refractivity contribution in [3.05, 3.63) is 95.6 Å². The SMILES string of the molecule is COc1ccccc1C1=NN2[C@H](C1)c1ccccc1OC21CCC(c2ccccc2)CC1. The second-order valence-corrected chi connectivity index (χ2v) is 9.08. The summed E-state index contributed by atoms with van der Waals surface area (Å²) in [6, 6.07) is 27.8. The van der Waals surface area contributed by atoms with Crippen LogP contribution >= 0.6 is 0 Å². The van der Waals surface area contributed by atoms with Gasteiger partial charge in [0.25, 0.3) is 0 Å². The average molecular weight is 425 g/mol. The Morgan fingerprint density at radius 2 is 1.62 bits per heavy atom. The smallest absolute Gasteiger partial charge is 0.198 e. The van der Waals surface area contributed by atoms with Gasteiger partial charge in [0.15, 0.2) is 5.72 Å². The Labute approximate surface area is 189 Å². The van der Waals surface area contributed by atoms with Gasteiger partial charge in [-0.25, -0.2) is 5.01 Å². The van der Waals surface area contributed by atoms with E-state index in [0.717, 1.165) is 54.9 Å². The molecule has 3 aromatic rings. The standard InChI is InChI=1S/C28H28N2O2/c1-31-26-13-7-5-11-22(26)24-19-25-23-12-6-8-14-27(23)32-28(30(25)29-24)17-15-21(16-18-28)20-9-3-2-4-10-20/h2-14,21,25H,15-19H2,1H3/t21?,25-,28?/m1/s1. The van der Waals surface area contributed by atoms with Crippen LogP contribution in [-0.2, 0) is 0 Å². The first-order chi connectivity index (χ1) is 15.8. The van der Waals surface area contributed by atoms with Gasteiger partial charge in [-0.05, 0) is 42.5 Å². The number of nitrogens with zero attached hydrogens (tertiary/aromatic N) is 2. The number of hydrogen-bond acceptors (Lipinski definition) is 4. The number of hydrogen-bond donors (Lipinski definition) is 0. The maximum atomic E-state index is 6.79. The summed E-state index contributed by atoms with van der Waals surface area (Å²) in [5.41, 5.74) is 4.45. The highest BCUT2D eigenvalue weighted by atomic mass is 16.5. The fourth-order valence-corrected chi connectivity index (χ4v) is 5.73. The van der Waals surface area contributed by atoms with Crippen LogP contribution in [0.1, 0.15) is 60.8 Å². The van der Waals surface area contributed by atoms with E-state index < -0.39 is 0 Å². The topological polar surface area (TPSA) is 34.1 Å². The molecule has 3 aliphatic rings. The van der Waals surface area contributed by atoms with E-state index in [0.29, 0.717) is 5.92 Å². The molecule has 162 valence electrons. The second kappa shape index (κ2) is 7.70. The fourth-order valence-electron chi connectivity index (χ4n) is 5.73. The number of ether oxygens (including phenoxy) is 2. The van der Waals surface area contributed by atoms with Gasteiger partial charge in [-0.15, -0.1) is 0 Å². The summed E-state index contributed by atoms with van der Waals surface area (Å²) >= 11 is 0. The number of fused-ring (bicyclic) bond motifs is 4. The van der Waals surface area contributed by atoms with Gasteiger partial charge in [-0.3, -0.25) is 0 Å². The van der Waals surface area contributed by atoms with Gasteiger partial charge < -0.3 is 9.47 Å². The Kier molecular flexibility index (Phi) is 4.67. The van der Waals surface area contributed by atoms with Crippen LogP contribution in [0.2, 0.25) is 0 Å². The van der Waals surface area contributed by atoms with Crippen LogP contribution in [0.3, 0.4) is 0 Å². The highest BCUT2D eigenvalue weighted by molar-refractivity contribution is 6.04. The van der Waals surface area contributed by atoms with Crippen molar-refractivity contribution >= 4 is 5.71 Å². The largest absolute Gasteiger partial charge is 0.496 e. The summed E-state index contributed by atoms with van der Waals surface area (Å²) in [7, 11) is 1.73. The first-order valence-electron chi connectivity index (χ1n) is 11.6. The summed E-state index contributed by atoms with van der Waals surface area (Å²) in [4.78, 5) is 0. The Balaban J connectivity index is 1.37. The van der Waals surface area contributed by atoms with Crippen molar-refractivity contribution in [2.24, 2.45) is 5.10 Å². The summed E-state index contributed by atoms with van der Waals surface area (Å²) in [5.74, 6) is 2.48. The molecular formula is C28H28N2O2. The summed E-state index contributed by atoms with van der Waals surface area (Å²) < 4.78 is 12.4. The molecule has 0 amide bonds. The van der Waals surface area contributed by atoms with E-state index in [1.165, 1.54) is 11.1 Å². The number of methoxy groups -OCH3 is 1. The molecule has 6 rings (SSSR count). The van der Waals surface area contributed by atoms with Crippen molar-refractivity contribution in [1.82, 2.24) is 5.01 Å². The van der Waals surface area contributed by atoms with Gasteiger partial charge in [0.1, 0.15) is 11.5 Å². The Bertz CT molecular complexity index is 1150. The van der Waals surface area contributed by atoms with E-state index in [-0.39, 0.29) is 11.8 Å². The van der Waals surface area contributed by atoms with Crippen LogP contribution in [-0.4, -0.2) is 23.6 Å². The molecule has 0 N–H and O–H groups in total. The molecule has 3 aromatic carbocycles. The third kappa shape index (κ3) is 3.09. The van der Waals surface area contributed by atoms with E-state index in [9.17, 15) is 0 Å². The van der Waals surface area contributed by atoms with Gasteiger partial charge >= 0.3 is 0 Å². The lowest BCUT2D eigenvalue weighted by molar-refractivity contribution is -0.142. The van der Waals surface area contributed by atoms with Crippen molar-refractivity contribution in [1.29, 1.82) is 0 Å². The van der Waals surface area contributed by atoms with Gasteiger partial charge in [0.05, 0.1) is 18.9 Å². The molecule has 0 aromatic heterocycles. The zero-order chi connectivity index (χ0) is 21.5. The average Bonchev–Trinajstić information content (AvgIpc) is 3.32. The first-order valence-corrected chi connectivity index (χ1v) is 11.6. The second-order valence-electron chi connectivity index (χ2n) is 9.08. The van der Waals surface area contributed by atoms with Crippen LogP contribution in [0.4, 0.5) is 0 Å². The van der Waals surface area contributed by atoms with Gasteiger partial charge in [0.2, 0.25) is 0 Å². The molecule has 0 bridgehead atoms. The summed E-state index contributed by atoms with van der Waals surface area (Å²) in [5, 5.41) is 7.50. The monoisotopic (exact) mass is 424 g/mol. The van der Waals surface area contributed by atoms with Crippen molar-refractivity contribution in [3.63, 3.8) is 0 Å². The van der Waals surface area contributed by atoms with Crippen LogP contribution in [0.15, 0.2) is 84.0 Å². The van der Waals surface area contributed by atoms with Gasteiger partial charge in [0, 0.05) is 30.4 Å². The fraction of sp³-hybridized carbons (Fsp3) is 0.321. The molecular weight excluding hydrogens is 396 g/mol. The molecule has 0 unspecified atom stereocenters. The molecule has 0 radical (unpaired) electrons. The van der Waals surface area contributed by atoms with Crippen molar-refractivity contribution < 1.29 is 9.47 Å². The van der Waals surface area contributed by atoms with Crippen LogP contribution < -0.4 is 9.47 Å². The maximum absolute atomic E-state index is 6.79. The predicted octanol–water partition coefficient (Wildman–Crippen LogP) is 6.29. The molecule has 4 heteroatoms. The number of rotatable bonds is 3. The number of para-hydroxylation sites is 2. The lowest BCUT2D eigenvalue weighted by atomic mass is 9.78. The van der Waals surface area contributed by atoms with Crippen LogP contribution in [0.25, 0.3) is 0 Å².